The van der Waals surface area contributed by atoms with Gasteiger partial charge in [-0.05, 0) is 47.6 Å². The fraction of sp³-hybridized carbons (Fsp3) is 0.360. The zero-order chi connectivity index (χ0) is 21.3. The molecule has 0 fully saturated rings. The lowest BCUT2D eigenvalue weighted by molar-refractivity contribution is -0.122. The van der Waals surface area contributed by atoms with Crippen LogP contribution in [0.2, 0.25) is 0 Å². The van der Waals surface area contributed by atoms with E-state index in [0.717, 1.165) is 28.8 Å². The lowest BCUT2D eigenvalue weighted by Crippen LogP contribution is -2.38. The number of hydrogen-bond acceptors (Lipinski definition) is 4. The van der Waals surface area contributed by atoms with Crippen molar-refractivity contribution in [1.29, 1.82) is 0 Å². The first kappa shape index (κ1) is 20.2. The van der Waals surface area contributed by atoms with Crippen LogP contribution in [0.15, 0.2) is 53.7 Å². The first-order valence-electron chi connectivity index (χ1n) is 10.4. The van der Waals surface area contributed by atoms with Crippen LogP contribution < -0.4 is 14.8 Å². The van der Waals surface area contributed by atoms with Crippen molar-refractivity contribution in [3.63, 3.8) is 0 Å². The lowest BCUT2D eigenvalue weighted by Gasteiger charge is -2.34. The average Bonchev–Trinajstić information content (AvgIpc) is 2.77. The Labute approximate surface area is 177 Å². The fourth-order valence-corrected chi connectivity index (χ4v) is 4.57. The van der Waals surface area contributed by atoms with E-state index < -0.39 is 0 Å². The molecule has 30 heavy (non-hydrogen) atoms. The standard InChI is InChI=1S/C25H27NO4/c1-4-15-5-7-16(8-6-15)19-14-24(28)26-20-11-18(12-21(27)25(19)20)17-9-10-22(29-2)23(13-17)30-3/h5-10,13,18-19H,4,11-12,14H2,1-3H3,(H,26,28)/t18-,19-/m0/s1. The van der Waals surface area contributed by atoms with E-state index in [2.05, 4.69) is 36.5 Å². The topological polar surface area (TPSA) is 64.6 Å². The molecule has 4 rings (SSSR count). The van der Waals surface area contributed by atoms with Crippen LogP contribution in [0, 0.1) is 0 Å². The molecule has 0 radical (unpaired) electrons. The molecule has 2 aromatic carbocycles. The number of aryl methyl sites for hydroxylation is 1. The number of carbonyl (C=O) groups excluding carboxylic acids is 2. The first-order chi connectivity index (χ1) is 14.5. The van der Waals surface area contributed by atoms with Crippen molar-refractivity contribution in [2.24, 2.45) is 0 Å². The van der Waals surface area contributed by atoms with E-state index in [-0.39, 0.29) is 23.5 Å². The van der Waals surface area contributed by atoms with Crippen molar-refractivity contribution >= 4 is 11.7 Å². The number of ketones is 1. The maximum atomic E-state index is 13.2. The summed E-state index contributed by atoms with van der Waals surface area (Å²) in [6, 6.07) is 14.0. The summed E-state index contributed by atoms with van der Waals surface area (Å²) in [4.78, 5) is 25.7. The molecule has 0 unspecified atom stereocenters. The molecule has 1 amide bonds. The zero-order valence-electron chi connectivity index (χ0n) is 17.7. The molecule has 2 aliphatic rings. The number of carbonyl (C=O) groups is 2. The molecule has 0 aromatic heterocycles. The van der Waals surface area contributed by atoms with Gasteiger partial charge < -0.3 is 14.8 Å². The molecular formula is C25H27NO4. The van der Waals surface area contributed by atoms with E-state index in [0.29, 0.717) is 30.8 Å². The minimum Gasteiger partial charge on any atom is -0.493 e. The molecule has 0 bridgehead atoms. The maximum absolute atomic E-state index is 13.2. The lowest BCUT2D eigenvalue weighted by atomic mass is 9.73. The van der Waals surface area contributed by atoms with Gasteiger partial charge in [0.1, 0.15) is 0 Å². The second-order valence-corrected chi connectivity index (χ2v) is 7.94. The Kier molecular flexibility index (Phi) is 5.62. The summed E-state index contributed by atoms with van der Waals surface area (Å²) in [6.07, 6.45) is 2.34. The highest BCUT2D eigenvalue weighted by Crippen LogP contribution is 2.43. The third kappa shape index (κ3) is 3.72. The van der Waals surface area contributed by atoms with Gasteiger partial charge in [0, 0.05) is 30.0 Å². The highest BCUT2D eigenvalue weighted by molar-refractivity contribution is 6.02. The van der Waals surface area contributed by atoms with Gasteiger partial charge >= 0.3 is 0 Å². The van der Waals surface area contributed by atoms with Gasteiger partial charge in [0.2, 0.25) is 5.91 Å². The fourth-order valence-electron chi connectivity index (χ4n) is 4.57. The van der Waals surface area contributed by atoms with Gasteiger partial charge in [-0.15, -0.1) is 0 Å². The SMILES string of the molecule is CCc1ccc([C@@H]2CC(=O)NC3=C2C(=O)C[C@@H](c2ccc(OC)c(OC)c2)C3)cc1. The van der Waals surface area contributed by atoms with Gasteiger partial charge in [-0.2, -0.15) is 0 Å². The minimum absolute atomic E-state index is 0.00225. The van der Waals surface area contributed by atoms with E-state index in [1.165, 1.54) is 5.56 Å². The molecule has 1 heterocycles. The zero-order valence-corrected chi connectivity index (χ0v) is 17.7. The van der Waals surface area contributed by atoms with Crippen LogP contribution in [-0.2, 0) is 16.0 Å². The number of Topliss-reactive ketones (excluding diaryl/α,β-unsaturated/α-hetero) is 1. The minimum atomic E-state index is -0.168. The van der Waals surface area contributed by atoms with Crippen molar-refractivity contribution in [2.45, 2.75) is 44.4 Å². The monoisotopic (exact) mass is 405 g/mol. The quantitative estimate of drug-likeness (QED) is 0.807. The van der Waals surface area contributed by atoms with E-state index >= 15 is 0 Å². The molecule has 0 spiro atoms. The van der Waals surface area contributed by atoms with Gasteiger partial charge in [0.05, 0.1) is 14.2 Å². The van der Waals surface area contributed by atoms with Gasteiger partial charge in [0.15, 0.2) is 17.3 Å². The second kappa shape index (κ2) is 8.34. The Hall–Kier alpha value is -3.08. The highest BCUT2D eigenvalue weighted by atomic mass is 16.5. The van der Waals surface area contributed by atoms with Crippen LogP contribution in [0.5, 0.6) is 11.5 Å². The number of methoxy groups -OCH3 is 2. The molecule has 2 aromatic rings. The van der Waals surface area contributed by atoms with Crippen molar-refractivity contribution in [2.75, 3.05) is 14.2 Å². The predicted octanol–water partition coefficient (Wildman–Crippen LogP) is 4.27. The summed E-state index contributed by atoms with van der Waals surface area (Å²) in [5.74, 6) is 1.21. The summed E-state index contributed by atoms with van der Waals surface area (Å²) >= 11 is 0. The van der Waals surface area contributed by atoms with Gasteiger partial charge in [-0.1, -0.05) is 37.3 Å². The Morgan fingerprint density at radius 2 is 1.60 bits per heavy atom. The third-order valence-corrected chi connectivity index (χ3v) is 6.21. The highest BCUT2D eigenvalue weighted by Gasteiger charge is 2.38. The van der Waals surface area contributed by atoms with E-state index in [1.54, 1.807) is 14.2 Å². The molecule has 5 heteroatoms. The van der Waals surface area contributed by atoms with Crippen LogP contribution >= 0.6 is 0 Å². The van der Waals surface area contributed by atoms with Crippen LogP contribution in [0.4, 0.5) is 0 Å². The predicted molar refractivity (Wildman–Crippen MR) is 115 cm³/mol. The average molecular weight is 405 g/mol. The maximum Gasteiger partial charge on any atom is 0.225 e. The van der Waals surface area contributed by atoms with Crippen LogP contribution in [0.1, 0.15) is 54.7 Å². The summed E-state index contributed by atoms with van der Waals surface area (Å²) in [6.45, 7) is 2.11. The number of rotatable bonds is 5. The van der Waals surface area contributed by atoms with Gasteiger partial charge in [0.25, 0.3) is 0 Å². The molecule has 5 nitrogen and oxygen atoms in total. The number of amides is 1. The van der Waals surface area contributed by atoms with E-state index in [4.69, 9.17) is 9.47 Å². The van der Waals surface area contributed by atoms with E-state index in [1.807, 2.05) is 18.2 Å². The Morgan fingerprint density at radius 1 is 0.900 bits per heavy atom. The number of allylic oxidation sites excluding steroid dienone is 2. The Bertz CT molecular complexity index is 1010. The summed E-state index contributed by atoms with van der Waals surface area (Å²) < 4.78 is 10.7. The van der Waals surface area contributed by atoms with Crippen LogP contribution in [0.3, 0.4) is 0 Å². The molecule has 2 atom stereocenters. The molecule has 0 saturated carbocycles. The number of benzene rings is 2. The van der Waals surface area contributed by atoms with Crippen molar-refractivity contribution in [3.05, 3.63) is 70.4 Å². The van der Waals surface area contributed by atoms with Crippen molar-refractivity contribution in [1.82, 2.24) is 5.32 Å². The van der Waals surface area contributed by atoms with Crippen molar-refractivity contribution < 1.29 is 19.1 Å². The number of hydrogen-bond donors (Lipinski definition) is 1. The van der Waals surface area contributed by atoms with Crippen molar-refractivity contribution in [3.8, 4) is 11.5 Å². The first-order valence-corrected chi connectivity index (χ1v) is 10.4. The molecule has 1 N–H and O–H groups in total. The van der Waals surface area contributed by atoms with Gasteiger partial charge in [-0.3, -0.25) is 9.59 Å². The molecule has 1 aliphatic heterocycles. The largest absolute Gasteiger partial charge is 0.493 e. The van der Waals surface area contributed by atoms with Crippen LogP contribution in [-0.4, -0.2) is 25.9 Å². The summed E-state index contributed by atoms with van der Waals surface area (Å²) in [5.41, 5.74) is 4.84. The van der Waals surface area contributed by atoms with Gasteiger partial charge in [-0.25, -0.2) is 0 Å². The molecule has 0 saturated heterocycles. The summed E-state index contributed by atoms with van der Waals surface area (Å²) in [7, 11) is 3.20. The second-order valence-electron chi connectivity index (χ2n) is 7.94. The van der Waals surface area contributed by atoms with Crippen LogP contribution in [0.25, 0.3) is 0 Å². The van der Waals surface area contributed by atoms with E-state index in [9.17, 15) is 9.59 Å². The Balaban J connectivity index is 1.67. The Morgan fingerprint density at radius 3 is 2.27 bits per heavy atom. The third-order valence-electron chi connectivity index (χ3n) is 6.21. The normalized spacial score (nSPS) is 21.2. The molecule has 156 valence electrons. The summed E-state index contributed by atoms with van der Waals surface area (Å²) in [5, 5.41) is 2.99. The molecular weight excluding hydrogens is 378 g/mol. The molecule has 1 aliphatic carbocycles. The smallest absolute Gasteiger partial charge is 0.225 e. The number of ether oxygens (including phenoxy) is 2. The number of nitrogens with one attached hydrogen (secondary N) is 1.